The minimum atomic E-state index is -0.0584. The van der Waals surface area contributed by atoms with Gasteiger partial charge in [-0.3, -0.25) is 14.2 Å². The van der Waals surface area contributed by atoms with E-state index in [1.54, 1.807) is 4.57 Å². The second kappa shape index (κ2) is 9.75. The Hall–Kier alpha value is -2.54. The standard InChI is InChI=1S/C26H32N4O2S/c1-29-21-16-10-4-9-15-20(21)23-24(29)25(32)30(19-13-7-3-8-14-19)26(28-23)33-17-22(31)27-18-11-5-2-6-12-18/h3,7-8,13-14,18H,2,4-6,9-12,15-17H2,1H3,(H,27,31). The number of carbonyl (C=O) groups is 1. The van der Waals surface area contributed by atoms with Gasteiger partial charge in [0, 0.05) is 18.8 Å². The molecule has 0 unspecified atom stereocenters. The molecule has 0 radical (unpaired) electrons. The van der Waals surface area contributed by atoms with Crippen molar-refractivity contribution in [2.45, 2.75) is 75.4 Å². The predicted molar refractivity (Wildman–Crippen MR) is 133 cm³/mol. The van der Waals surface area contributed by atoms with Gasteiger partial charge in [0.25, 0.3) is 5.56 Å². The van der Waals surface area contributed by atoms with Crippen LogP contribution in [0.25, 0.3) is 16.7 Å². The number of para-hydroxylation sites is 1. The number of rotatable bonds is 5. The van der Waals surface area contributed by atoms with Crippen molar-refractivity contribution in [2.24, 2.45) is 7.05 Å². The number of fused-ring (bicyclic) bond motifs is 3. The lowest BCUT2D eigenvalue weighted by molar-refractivity contribution is -0.119. The Morgan fingerprint density at radius 1 is 1.06 bits per heavy atom. The van der Waals surface area contributed by atoms with E-state index in [2.05, 4.69) is 9.88 Å². The van der Waals surface area contributed by atoms with Crippen LogP contribution in [-0.2, 0) is 24.7 Å². The lowest BCUT2D eigenvalue weighted by Crippen LogP contribution is -2.37. The number of aromatic nitrogens is 3. The maximum Gasteiger partial charge on any atom is 0.283 e. The van der Waals surface area contributed by atoms with Gasteiger partial charge in [-0.15, -0.1) is 0 Å². The van der Waals surface area contributed by atoms with E-state index >= 15 is 0 Å². The number of hydrogen-bond donors (Lipinski definition) is 1. The molecule has 174 valence electrons. The molecule has 1 fully saturated rings. The number of benzene rings is 1. The smallest absolute Gasteiger partial charge is 0.283 e. The highest BCUT2D eigenvalue weighted by atomic mass is 32.2. The lowest BCUT2D eigenvalue weighted by atomic mass is 9.95. The summed E-state index contributed by atoms with van der Waals surface area (Å²) in [5.41, 5.74) is 4.67. The maximum absolute atomic E-state index is 13.8. The molecule has 3 aromatic rings. The SMILES string of the molecule is Cn1c2c(c3nc(SCC(=O)NC4CCCCC4)n(-c4ccccc4)c(=O)c31)CCCCC2. The topological polar surface area (TPSA) is 68.9 Å². The van der Waals surface area contributed by atoms with Gasteiger partial charge in [-0.25, -0.2) is 4.98 Å². The van der Waals surface area contributed by atoms with Crippen LogP contribution < -0.4 is 10.9 Å². The van der Waals surface area contributed by atoms with Gasteiger partial charge in [-0.05, 0) is 56.2 Å². The monoisotopic (exact) mass is 464 g/mol. The molecule has 0 saturated heterocycles. The fourth-order valence-corrected chi connectivity index (χ4v) is 6.20. The van der Waals surface area contributed by atoms with Crippen LogP contribution in [-0.4, -0.2) is 31.8 Å². The molecule has 2 heterocycles. The average molecular weight is 465 g/mol. The minimum absolute atomic E-state index is 0.0211. The van der Waals surface area contributed by atoms with Gasteiger partial charge in [-0.2, -0.15) is 0 Å². The summed E-state index contributed by atoms with van der Waals surface area (Å²) >= 11 is 1.36. The van der Waals surface area contributed by atoms with Gasteiger partial charge in [0.2, 0.25) is 5.91 Å². The van der Waals surface area contributed by atoms with Gasteiger partial charge in [0.1, 0.15) is 11.0 Å². The molecule has 0 spiro atoms. The molecule has 1 saturated carbocycles. The Balaban J connectivity index is 1.53. The number of nitrogens with one attached hydrogen (secondary N) is 1. The van der Waals surface area contributed by atoms with Gasteiger partial charge in [0.15, 0.2) is 5.16 Å². The summed E-state index contributed by atoms with van der Waals surface area (Å²) in [5.74, 6) is 0.281. The molecule has 5 rings (SSSR count). The van der Waals surface area contributed by atoms with Gasteiger partial charge in [-0.1, -0.05) is 55.6 Å². The molecule has 2 aliphatic carbocycles. The molecule has 33 heavy (non-hydrogen) atoms. The van der Waals surface area contributed by atoms with Crippen LogP contribution >= 0.6 is 11.8 Å². The molecule has 1 N–H and O–H groups in total. The third-order valence-electron chi connectivity index (χ3n) is 7.06. The number of carbonyl (C=O) groups excluding carboxylic acids is 1. The summed E-state index contributed by atoms with van der Waals surface area (Å²) in [6, 6.07) is 9.93. The van der Waals surface area contributed by atoms with Gasteiger partial charge in [0.05, 0.1) is 11.4 Å². The second-order valence-corrected chi connectivity index (χ2v) is 10.2. The molecule has 6 nitrogen and oxygen atoms in total. The number of amides is 1. The quantitative estimate of drug-likeness (QED) is 0.342. The second-order valence-electron chi connectivity index (χ2n) is 9.30. The van der Waals surface area contributed by atoms with Crippen molar-refractivity contribution in [2.75, 3.05) is 5.75 Å². The van der Waals surface area contributed by atoms with E-state index in [-0.39, 0.29) is 23.3 Å². The summed E-state index contributed by atoms with van der Waals surface area (Å²) in [6.45, 7) is 0. The Labute approximate surface area is 198 Å². The predicted octanol–water partition coefficient (Wildman–Crippen LogP) is 4.53. The highest BCUT2D eigenvalue weighted by Gasteiger charge is 2.24. The summed E-state index contributed by atoms with van der Waals surface area (Å²) in [7, 11) is 2.00. The van der Waals surface area contributed by atoms with Crippen molar-refractivity contribution in [3.05, 3.63) is 51.9 Å². The normalized spacial score (nSPS) is 17.0. The van der Waals surface area contributed by atoms with Crippen molar-refractivity contribution in [3.8, 4) is 5.69 Å². The fourth-order valence-electron chi connectivity index (χ4n) is 5.38. The van der Waals surface area contributed by atoms with E-state index in [0.29, 0.717) is 10.7 Å². The third kappa shape index (κ3) is 4.47. The molecule has 0 aliphatic heterocycles. The third-order valence-corrected chi connectivity index (χ3v) is 8.00. The zero-order chi connectivity index (χ0) is 22.8. The Morgan fingerprint density at radius 3 is 2.58 bits per heavy atom. The van der Waals surface area contributed by atoms with Crippen molar-refractivity contribution < 1.29 is 4.79 Å². The van der Waals surface area contributed by atoms with Crippen LogP contribution in [0, 0.1) is 0 Å². The first-order chi connectivity index (χ1) is 16.1. The van der Waals surface area contributed by atoms with E-state index < -0.39 is 0 Å². The van der Waals surface area contributed by atoms with E-state index in [1.807, 2.05) is 37.4 Å². The van der Waals surface area contributed by atoms with Crippen LogP contribution in [0.5, 0.6) is 0 Å². The van der Waals surface area contributed by atoms with Gasteiger partial charge >= 0.3 is 0 Å². The number of aryl methyl sites for hydroxylation is 2. The largest absolute Gasteiger partial charge is 0.353 e. The Morgan fingerprint density at radius 2 is 1.79 bits per heavy atom. The molecule has 1 amide bonds. The molecule has 2 aliphatic rings. The molecule has 0 atom stereocenters. The van der Waals surface area contributed by atoms with E-state index in [4.69, 9.17) is 4.98 Å². The number of thioether (sulfide) groups is 1. The Bertz CT molecular complexity index is 1210. The first-order valence-corrected chi connectivity index (χ1v) is 13.2. The molecular weight excluding hydrogens is 432 g/mol. The summed E-state index contributed by atoms with van der Waals surface area (Å²) in [5, 5.41) is 3.78. The van der Waals surface area contributed by atoms with Crippen LogP contribution in [0.15, 0.2) is 40.3 Å². The van der Waals surface area contributed by atoms with E-state index in [0.717, 1.165) is 49.7 Å². The number of hydrogen-bond acceptors (Lipinski definition) is 4. The zero-order valence-corrected chi connectivity index (χ0v) is 20.1. The molecular formula is C26H32N4O2S. The molecule has 2 aromatic heterocycles. The molecule has 1 aromatic carbocycles. The maximum atomic E-state index is 13.8. The first-order valence-electron chi connectivity index (χ1n) is 12.2. The van der Waals surface area contributed by atoms with E-state index in [1.165, 1.54) is 48.7 Å². The van der Waals surface area contributed by atoms with Crippen molar-refractivity contribution in [3.63, 3.8) is 0 Å². The van der Waals surface area contributed by atoms with E-state index in [9.17, 15) is 9.59 Å². The van der Waals surface area contributed by atoms with Crippen LogP contribution in [0.2, 0.25) is 0 Å². The van der Waals surface area contributed by atoms with Crippen molar-refractivity contribution in [1.82, 2.24) is 19.4 Å². The van der Waals surface area contributed by atoms with Crippen molar-refractivity contribution in [1.29, 1.82) is 0 Å². The average Bonchev–Trinajstić information content (AvgIpc) is 2.97. The fraction of sp³-hybridized carbons (Fsp3) is 0.500. The highest BCUT2D eigenvalue weighted by molar-refractivity contribution is 7.99. The first kappa shape index (κ1) is 22.3. The number of nitrogens with zero attached hydrogens (tertiary/aromatic N) is 3. The van der Waals surface area contributed by atoms with Gasteiger partial charge < -0.3 is 9.88 Å². The van der Waals surface area contributed by atoms with Crippen LogP contribution in [0.4, 0.5) is 0 Å². The van der Waals surface area contributed by atoms with Crippen molar-refractivity contribution >= 4 is 28.7 Å². The molecule has 7 heteroatoms. The highest BCUT2D eigenvalue weighted by Crippen LogP contribution is 2.30. The minimum Gasteiger partial charge on any atom is -0.353 e. The van der Waals surface area contributed by atoms with Crippen LogP contribution in [0.1, 0.15) is 62.6 Å². The lowest BCUT2D eigenvalue weighted by Gasteiger charge is -2.22. The zero-order valence-electron chi connectivity index (χ0n) is 19.3. The Kier molecular flexibility index (Phi) is 6.58. The van der Waals surface area contributed by atoms with Crippen LogP contribution in [0.3, 0.4) is 0 Å². The molecule has 0 bridgehead atoms. The summed E-state index contributed by atoms with van der Waals surface area (Å²) < 4.78 is 3.75. The summed E-state index contributed by atoms with van der Waals surface area (Å²) in [4.78, 5) is 31.6. The summed E-state index contributed by atoms with van der Waals surface area (Å²) in [6.07, 6.45) is 11.2.